The number of ether oxygens (including phenoxy) is 1. The molecule has 0 aliphatic carbocycles. The van der Waals surface area contributed by atoms with E-state index in [1.165, 1.54) is 4.90 Å². The first kappa shape index (κ1) is 20.2. The average Bonchev–Trinajstić information content (AvgIpc) is 2.96. The highest BCUT2D eigenvalue weighted by molar-refractivity contribution is 6.31. The summed E-state index contributed by atoms with van der Waals surface area (Å²) < 4.78 is 6.06. The molecule has 4 amide bonds. The predicted octanol–water partition coefficient (Wildman–Crippen LogP) is 3.70. The summed E-state index contributed by atoms with van der Waals surface area (Å²) in [5, 5.41) is 3.13. The molecule has 0 bridgehead atoms. The number of imide groups is 1. The summed E-state index contributed by atoms with van der Waals surface area (Å²) >= 11 is 6.40. The maximum atomic E-state index is 13.2. The number of halogens is 1. The summed E-state index contributed by atoms with van der Waals surface area (Å²) in [5.41, 5.74) is 1.56. The van der Waals surface area contributed by atoms with Gasteiger partial charge in [-0.05, 0) is 24.6 Å². The number of urea groups is 1. The van der Waals surface area contributed by atoms with Crippen LogP contribution >= 0.6 is 11.6 Å². The summed E-state index contributed by atoms with van der Waals surface area (Å²) in [6, 6.07) is 11.6. The smallest absolute Gasteiger partial charge is 0.324 e. The second-order valence-electron chi connectivity index (χ2n) is 7.37. The van der Waals surface area contributed by atoms with E-state index in [1.807, 2.05) is 37.3 Å². The molecule has 2 aliphatic heterocycles. The first-order valence-electron chi connectivity index (χ1n) is 9.90. The van der Waals surface area contributed by atoms with Gasteiger partial charge in [0.1, 0.15) is 17.5 Å². The zero-order valence-electron chi connectivity index (χ0n) is 16.6. The van der Waals surface area contributed by atoms with E-state index in [-0.39, 0.29) is 24.8 Å². The van der Waals surface area contributed by atoms with Crippen molar-refractivity contribution < 1.29 is 19.1 Å². The number of hydrogen-bond acceptors (Lipinski definition) is 4. The molecule has 2 heterocycles. The number of hydrogen-bond donors (Lipinski definition) is 1. The fourth-order valence-electron chi connectivity index (χ4n) is 3.72. The Balaban J connectivity index is 1.60. The predicted molar refractivity (Wildman–Crippen MR) is 111 cm³/mol. The van der Waals surface area contributed by atoms with Gasteiger partial charge in [0.15, 0.2) is 0 Å². The molecule has 0 spiro atoms. The van der Waals surface area contributed by atoms with Crippen molar-refractivity contribution in [2.45, 2.75) is 38.9 Å². The molecule has 1 unspecified atom stereocenters. The number of benzene rings is 2. The highest BCUT2D eigenvalue weighted by atomic mass is 35.5. The van der Waals surface area contributed by atoms with Crippen molar-refractivity contribution in [2.75, 3.05) is 6.54 Å². The first-order chi connectivity index (χ1) is 14.5. The molecule has 1 saturated heterocycles. The van der Waals surface area contributed by atoms with Crippen LogP contribution in [0.5, 0.6) is 11.5 Å². The fraction of sp³-hybridized carbons (Fsp3) is 0.318. The standard InChI is InChI=1S/C22H22ClN3O4/c1-2-10-26-21(28)17(24-22(26)29)11-20(27)25-12-14-6-3-4-8-18(14)30-19-9-5-7-16(23)15(19)13-25/h3-9,17H,2,10-13H2,1H3,(H,24,29). The van der Waals surface area contributed by atoms with E-state index in [0.717, 1.165) is 5.56 Å². The molecule has 2 aromatic rings. The number of nitrogens with zero attached hydrogens (tertiary/aromatic N) is 2. The second-order valence-corrected chi connectivity index (χ2v) is 7.78. The lowest BCUT2D eigenvalue weighted by Gasteiger charge is -2.29. The van der Waals surface area contributed by atoms with E-state index in [0.29, 0.717) is 41.6 Å². The second kappa shape index (κ2) is 8.36. The van der Waals surface area contributed by atoms with Crippen LogP contribution < -0.4 is 10.1 Å². The van der Waals surface area contributed by atoms with Crippen LogP contribution in [0.25, 0.3) is 0 Å². The molecule has 4 rings (SSSR count). The Kier molecular flexibility index (Phi) is 5.63. The minimum atomic E-state index is -0.848. The lowest BCUT2D eigenvalue weighted by atomic mass is 10.1. The maximum absolute atomic E-state index is 13.2. The molecule has 1 atom stereocenters. The Morgan fingerprint density at radius 3 is 2.70 bits per heavy atom. The van der Waals surface area contributed by atoms with Crippen LogP contribution in [0.3, 0.4) is 0 Å². The average molecular weight is 428 g/mol. The van der Waals surface area contributed by atoms with Gasteiger partial charge >= 0.3 is 6.03 Å². The van der Waals surface area contributed by atoms with Crippen LogP contribution in [-0.4, -0.2) is 40.2 Å². The Morgan fingerprint density at radius 1 is 1.13 bits per heavy atom. The molecule has 0 aromatic heterocycles. The van der Waals surface area contributed by atoms with E-state index in [1.54, 1.807) is 17.0 Å². The summed E-state index contributed by atoms with van der Waals surface area (Å²) in [6.45, 7) is 2.79. The van der Waals surface area contributed by atoms with Gasteiger partial charge in [0.2, 0.25) is 5.91 Å². The minimum Gasteiger partial charge on any atom is -0.457 e. The van der Waals surface area contributed by atoms with Gasteiger partial charge in [-0.1, -0.05) is 42.8 Å². The molecule has 1 N–H and O–H groups in total. The topological polar surface area (TPSA) is 79.0 Å². The Hall–Kier alpha value is -3.06. The lowest BCUT2D eigenvalue weighted by Crippen LogP contribution is -2.39. The molecule has 0 radical (unpaired) electrons. The molecule has 156 valence electrons. The van der Waals surface area contributed by atoms with Crippen LogP contribution in [0.2, 0.25) is 5.02 Å². The summed E-state index contributed by atoms with van der Waals surface area (Å²) in [5.74, 6) is 0.642. The van der Waals surface area contributed by atoms with Crippen molar-refractivity contribution in [3.63, 3.8) is 0 Å². The Morgan fingerprint density at radius 2 is 1.90 bits per heavy atom. The molecular weight excluding hydrogens is 406 g/mol. The van der Waals surface area contributed by atoms with Gasteiger partial charge in [0.25, 0.3) is 5.91 Å². The summed E-state index contributed by atoms with van der Waals surface area (Å²) in [7, 11) is 0. The van der Waals surface area contributed by atoms with Gasteiger partial charge in [0, 0.05) is 29.2 Å². The van der Waals surface area contributed by atoms with Crippen molar-refractivity contribution in [1.82, 2.24) is 15.1 Å². The SMILES string of the molecule is CCCN1C(=O)NC(CC(=O)N2Cc3ccccc3Oc3cccc(Cl)c3C2)C1=O. The van der Waals surface area contributed by atoms with Crippen LogP contribution in [0.1, 0.15) is 30.9 Å². The molecule has 8 heteroatoms. The third-order valence-electron chi connectivity index (χ3n) is 5.26. The highest BCUT2D eigenvalue weighted by Gasteiger charge is 2.39. The molecule has 7 nitrogen and oxygen atoms in total. The normalized spacial score (nSPS) is 18.1. The summed E-state index contributed by atoms with van der Waals surface area (Å²) in [4.78, 5) is 40.6. The quantitative estimate of drug-likeness (QED) is 0.754. The van der Waals surface area contributed by atoms with E-state index >= 15 is 0 Å². The zero-order valence-corrected chi connectivity index (χ0v) is 17.3. The van der Waals surface area contributed by atoms with Crippen LogP contribution in [0, 0.1) is 0 Å². The molecule has 1 fully saturated rings. The van der Waals surface area contributed by atoms with Gasteiger partial charge in [-0.3, -0.25) is 14.5 Å². The van der Waals surface area contributed by atoms with Crippen molar-refractivity contribution in [3.8, 4) is 11.5 Å². The number of carbonyl (C=O) groups is 3. The van der Waals surface area contributed by atoms with Crippen LogP contribution in [-0.2, 0) is 22.7 Å². The van der Waals surface area contributed by atoms with Gasteiger partial charge in [-0.15, -0.1) is 0 Å². The zero-order chi connectivity index (χ0) is 21.3. The number of fused-ring (bicyclic) bond motifs is 2. The molecule has 0 saturated carbocycles. The van der Waals surface area contributed by atoms with Gasteiger partial charge in [-0.25, -0.2) is 4.79 Å². The van der Waals surface area contributed by atoms with E-state index < -0.39 is 12.1 Å². The molecule has 2 aliphatic rings. The van der Waals surface area contributed by atoms with Crippen molar-refractivity contribution in [1.29, 1.82) is 0 Å². The number of carbonyl (C=O) groups excluding carboxylic acids is 3. The molecular formula is C22H22ClN3O4. The van der Waals surface area contributed by atoms with E-state index in [4.69, 9.17) is 16.3 Å². The number of nitrogens with one attached hydrogen (secondary N) is 1. The number of para-hydroxylation sites is 1. The third-order valence-corrected chi connectivity index (χ3v) is 5.62. The number of amides is 4. The van der Waals surface area contributed by atoms with Crippen molar-refractivity contribution >= 4 is 29.4 Å². The van der Waals surface area contributed by atoms with Crippen LogP contribution in [0.4, 0.5) is 4.79 Å². The Labute approximate surface area is 179 Å². The van der Waals surface area contributed by atoms with Gasteiger partial charge in [-0.2, -0.15) is 0 Å². The Bertz CT molecular complexity index is 1010. The van der Waals surface area contributed by atoms with E-state index in [2.05, 4.69) is 5.32 Å². The summed E-state index contributed by atoms with van der Waals surface area (Å²) in [6.07, 6.45) is 0.561. The third kappa shape index (κ3) is 3.85. The van der Waals surface area contributed by atoms with Gasteiger partial charge in [0.05, 0.1) is 13.0 Å². The van der Waals surface area contributed by atoms with Crippen molar-refractivity contribution in [2.24, 2.45) is 0 Å². The highest BCUT2D eigenvalue weighted by Crippen LogP contribution is 2.36. The van der Waals surface area contributed by atoms with E-state index in [9.17, 15) is 14.4 Å². The lowest BCUT2D eigenvalue weighted by molar-refractivity contribution is -0.136. The largest absolute Gasteiger partial charge is 0.457 e. The van der Waals surface area contributed by atoms with Crippen LogP contribution in [0.15, 0.2) is 42.5 Å². The van der Waals surface area contributed by atoms with Crippen molar-refractivity contribution in [3.05, 3.63) is 58.6 Å². The fourth-order valence-corrected chi connectivity index (χ4v) is 3.95. The first-order valence-corrected chi connectivity index (χ1v) is 10.3. The molecule has 30 heavy (non-hydrogen) atoms. The number of rotatable bonds is 4. The maximum Gasteiger partial charge on any atom is 0.324 e. The molecule has 2 aromatic carbocycles. The monoisotopic (exact) mass is 427 g/mol. The van der Waals surface area contributed by atoms with Gasteiger partial charge < -0.3 is 15.0 Å². The minimum absolute atomic E-state index is 0.104.